The molecule has 0 saturated heterocycles. The van der Waals surface area contributed by atoms with Gasteiger partial charge in [-0.25, -0.2) is 9.78 Å². The topological polar surface area (TPSA) is 56.1 Å². The highest BCUT2D eigenvalue weighted by Gasteiger charge is 2.06. The van der Waals surface area contributed by atoms with E-state index < -0.39 is 12.6 Å². The summed E-state index contributed by atoms with van der Waals surface area (Å²) in [6.07, 6.45) is 4.31. The van der Waals surface area contributed by atoms with E-state index in [9.17, 15) is 13.6 Å². The van der Waals surface area contributed by atoms with Gasteiger partial charge in [0, 0.05) is 18.1 Å². The van der Waals surface area contributed by atoms with Gasteiger partial charge < -0.3 is 10.1 Å². The fourth-order valence-corrected chi connectivity index (χ4v) is 1.29. The molecular formula is C11H9F2N3O2. The van der Waals surface area contributed by atoms with E-state index in [0.29, 0.717) is 5.69 Å². The van der Waals surface area contributed by atoms with Gasteiger partial charge in [-0.1, -0.05) is 0 Å². The summed E-state index contributed by atoms with van der Waals surface area (Å²) in [5.41, 5.74) is 0.468. The van der Waals surface area contributed by atoms with E-state index in [0.717, 1.165) is 0 Å². The normalized spacial score (nSPS) is 10.4. The average molecular weight is 253 g/mol. The molecule has 2 rings (SSSR count). The number of ether oxygens (including phenoxy) is 1. The fraction of sp³-hybridized carbons (Fsp3) is 0.0909. The van der Waals surface area contributed by atoms with Gasteiger partial charge in [-0.05, 0) is 24.3 Å². The number of hydrogen-bond donors (Lipinski definition) is 1. The molecule has 5 nitrogen and oxygen atoms in total. The van der Waals surface area contributed by atoms with Crippen LogP contribution >= 0.6 is 0 Å². The molecule has 0 radical (unpaired) electrons. The maximum atomic E-state index is 11.9. The molecule has 0 unspecified atom stereocenters. The highest BCUT2D eigenvalue weighted by Crippen LogP contribution is 2.17. The van der Waals surface area contributed by atoms with Crippen LogP contribution in [0.15, 0.2) is 43.0 Å². The van der Waals surface area contributed by atoms with Crippen LogP contribution in [0.25, 0.3) is 0 Å². The molecule has 0 aliphatic rings. The summed E-state index contributed by atoms with van der Waals surface area (Å²) in [5.74, 6) is 0.0330. The minimum absolute atomic E-state index is 0.0330. The lowest BCUT2D eigenvalue weighted by atomic mass is 10.3. The number of carbonyl (C=O) groups excluding carboxylic acids is 1. The number of hydrogen-bond acceptors (Lipinski definition) is 3. The first kappa shape index (κ1) is 12.0. The predicted molar refractivity (Wildman–Crippen MR) is 59.7 cm³/mol. The zero-order valence-corrected chi connectivity index (χ0v) is 9.09. The van der Waals surface area contributed by atoms with Crippen molar-refractivity contribution < 1.29 is 18.3 Å². The molecule has 1 aromatic heterocycles. The third-order valence-corrected chi connectivity index (χ3v) is 2.07. The Morgan fingerprint density at radius 2 is 2.06 bits per heavy atom. The molecule has 0 saturated carbocycles. The van der Waals surface area contributed by atoms with Gasteiger partial charge in [0.05, 0.1) is 0 Å². The lowest BCUT2D eigenvalue weighted by molar-refractivity contribution is -0.0498. The maximum Gasteiger partial charge on any atom is 0.387 e. The van der Waals surface area contributed by atoms with Crippen LogP contribution in [0.2, 0.25) is 0 Å². The molecule has 1 aromatic carbocycles. The Morgan fingerprint density at radius 1 is 1.33 bits per heavy atom. The van der Waals surface area contributed by atoms with Crippen LogP contribution in [0.1, 0.15) is 0 Å². The molecule has 2 aromatic rings. The number of aromatic nitrogens is 2. The van der Waals surface area contributed by atoms with Crippen LogP contribution in [0, 0.1) is 0 Å². The van der Waals surface area contributed by atoms with Crippen LogP contribution < -0.4 is 10.1 Å². The molecule has 7 heteroatoms. The molecule has 0 spiro atoms. The van der Waals surface area contributed by atoms with E-state index in [1.165, 1.54) is 47.6 Å². The minimum atomic E-state index is -2.86. The Hall–Kier alpha value is -2.44. The Balaban J connectivity index is 2.00. The van der Waals surface area contributed by atoms with Crippen LogP contribution in [0.4, 0.5) is 19.3 Å². The van der Waals surface area contributed by atoms with Gasteiger partial charge in [0.15, 0.2) is 0 Å². The first-order valence-electron chi connectivity index (χ1n) is 4.99. The van der Waals surface area contributed by atoms with Crippen molar-refractivity contribution in [2.45, 2.75) is 6.61 Å². The van der Waals surface area contributed by atoms with Gasteiger partial charge in [-0.3, -0.25) is 4.57 Å². The second kappa shape index (κ2) is 5.26. The molecule has 1 heterocycles. The van der Waals surface area contributed by atoms with Crippen molar-refractivity contribution in [2.24, 2.45) is 0 Å². The van der Waals surface area contributed by atoms with Crippen molar-refractivity contribution in [1.29, 1.82) is 0 Å². The van der Waals surface area contributed by atoms with Crippen molar-refractivity contribution in [1.82, 2.24) is 9.55 Å². The summed E-state index contributed by atoms with van der Waals surface area (Å²) in [7, 11) is 0. The number of alkyl halides is 2. The van der Waals surface area contributed by atoms with E-state index >= 15 is 0 Å². The number of nitrogens with zero attached hydrogens (tertiary/aromatic N) is 2. The van der Waals surface area contributed by atoms with E-state index in [2.05, 4.69) is 15.0 Å². The number of imidazole rings is 1. The Labute approximate surface area is 101 Å². The average Bonchev–Trinajstić information content (AvgIpc) is 2.84. The number of rotatable bonds is 3. The smallest absolute Gasteiger partial charge is 0.387 e. The van der Waals surface area contributed by atoms with Gasteiger partial charge in [0.2, 0.25) is 0 Å². The summed E-state index contributed by atoms with van der Waals surface area (Å²) in [6, 6.07) is 5.22. The quantitative estimate of drug-likeness (QED) is 0.914. The second-order valence-electron chi connectivity index (χ2n) is 3.30. The largest absolute Gasteiger partial charge is 0.435 e. The first-order valence-corrected chi connectivity index (χ1v) is 4.99. The Bertz CT molecular complexity index is 512. The van der Waals surface area contributed by atoms with Crippen LogP contribution in [0.5, 0.6) is 5.75 Å². The summed E-state index contributed by atoms with van der Waals surface area (Å²) in [6.45, 7) is -2.86. The van der Waals surface area contributed by atoms with E-state index in [-0.39, 0.29) is 5.75 Å². The van der Waals surface area contributed by atoms with Crippen molar-refractivity contribution >= 4 is 11.7 Å². The van der Waals surface area contributed by atoms with E-state index in [4.69, 9.17) is 0 Å². The SMILES string of the molecule is O=C(Nc1ccc(OC(F)F)cc1)n1ccnc1. The molecule has 0 aliphatic heterocycles. The summed E-state index contributed by atoms with van der Waals surface area (Å²) in [4.78, 5) is 15.3. The number of halogens is 2. The summed E-state index contributed by atoms with van der Waals surface area (Å²) >= 11 is 0. The van der Waals surface area contributed by atoms with Crippen molar-refractivity contribution in [3.05, 3.63) is 43.0 Å². The maximum absolute atomic E-state index is 11.9. The van der Waals surface area contributed by atoms with Gasteiger partial charge in [0.1, 0.15) is 12.1 Å². The third kappa shape index (κ3) is 3.03. The number of carbonyl (C=O) groups is 1. The lowest BCUT2D eigenvalue weighted by Crippen LogP contribution is -2.17. The first-order chi connectivity index (χ1) is 8.65. The van der Waals surface area contributed by atoms with Gasteiger partial charge in [-0.15, -0.1) is 0 Å². The molecule has 0 bridgehead atoms. The van der Waals surface area contributed by atoms with Crippen LogP contribution in [0.3, 0.4) is 0 Å². The zero-order valence-electron chi connectivity index (χ0n) is 9.09. The van der Waals surface area contributed by atoms with Crippen LogP contribution in [-0.2, 0) is 0 Å². The Kier molecular flexibility index (Phi) is 3.52. The molecule has 1 amide bonds. The highest BCUT2D eigenvalue weighted by atomic mass is 19.3. The molecule has 0 fully saturated rings. The second-order valence-corrected chi connectivity index (χ2v) is 3.30. The van der Waals surface area contributed by atoms with Crippen molar-refractivity contribution in [3.63, 3.8) is 0 Å². The third-order valence-electron chi connectivity index (χ3n) is 2.07. The molecule has 0 aliphatic carbocycles. The fourth-order valence-electron chi connectivity index (χ4n) is 1.29. The van der Waals surface area contributed by atoms with Gasteiger partial charge in [-0.2, -0.15) is 8.78 Å². The van der Waals surface area contributed by atoms with Crippen molar-refractivity contribution in [3.8, 4) is 5.75 Å². The number of nitrogens with one attached hydrogen (secondary N) is 1. The molecular weight excluding hydrogens is 244 g/mol. The van der Waals surface area contributed by atoms with Crippen molar-refractivity contribution in [2.75, 3.05) is 5.32 Å². The van der Waals surface area contributed by atoms with E-state index in [1.807, 2.05) is 0 Å². The minimum Gasteiger partial charge on any atom is -0.435 e. The standard InChI is InChI=1S/C11H9F2N3O2/c12-10(13)18-9-3-1-8(2-4-9)15-11(17)16-6-5-14-7-16/h1-7,10H,(H,15,17). The number of anilines is 1. The summed E-state index contributed by atoms with van der Waals surface area (Å²) in [5, 5.41) is 2.57. The van der Waals surface area contributed by atoms with E-state index in [1.54, 1.807) is 0 Å². The summed E-state index contributed by atoms with van der Waals surface area (Å²) < 4.78 is 29.3. The zero-order chi connectivity index (χ0) is 13.0. The molecule has 94 valence electrons. The monoisotopic (exact) mass is 253 g/mol. The van der Waals surface area contributed by atoms with Crippen LogP contribution in [-0.4, -0.2) is 22.2 Å². The molecule has 1 N–H and O–H groups in total. The number of benzene rings is 1. The van der Waals surface area contributed by atoms with Gasteiger partial charge in [0.25, 0.3) is 0 Å². The number of amides is 1. The van der Waals surface area contributed by atoms with Gasteiger partial charge >= 0.3 is 12.6 Å². The molecule has 18 heavy (non-hydrogen) atoms. The Morgan fingerprint density at radius 3 is 2.61 bits per heavy atom. The predicted octanol–water partition coefficient (Wildman–Crippen LogP) is 2.56. The highest BCUT2D eigenvalue weighted by molar-refractivity contribution is 5.90. The lowest BCUT2D eigenvalue weighted by Gasteiger charge is -2.07. The molecule has 0 atom stereocenters.